The van der Waals surface area contributed by atoms with Crippen molar-refractivity contribution in [1.82, 2.24) is 10.4 Å². The molecule has 0 bridgehead atoms. The molecule has 2 amide bonds. The van der Waals surface area contributed by atoms with Gasteiger partial charge in [0, 0.05) is 11.1 Å². The van der Waals surface area contributed by atoms with Gasteiger partial charge in [-0.15, -0.1) is 0 Å². The molecule has 4 heteroatoms. The molecule has 3 aromatic carbocycles. The van der Waals surface area contributed by atoms with E-state index in [1.807, 2.05) is 69.3 Å². The first-order chi connectivity index (χ1) is 13.3. The van der Waals surface area contributed by atoms with Crippen molar-refractivity contribution in [2.24, 2.45) is 0 Å². The Hall–Kier alpha value is -3.14. The minimum Gasteiger partial charge on any atom is -0.267 e. The van der Waals surface area contributed by atoms with Crippen molar-refractivity contribution in [2.45, 2.75) is 39.7 Å². The molecule has 0 saturated heterocycles. The summed E-state index contributed by atoms with van der Waals surface area (Å²) in [6.07, 6.45) is 0.913. The van der Waals surface area contributed by atoms with Crippen LogP contribution in [0.1, 0.15) is 54.0 Å². The van der Waals surface area contributed by atoms with Gasteiger partial charge in [-0.1, -0.05) is 49.4 Å². The topological polar surface area (TPSA) is 49.4 Å². The maximum Gasteiger partial charge on any atom is 0.272 e. The van der Waals surface area contributed by atoms with Gasteiger partial charge in [-0.25, -0.2) is 5.01 Å². The Balaban J connectivity index is 1.88. The van der Waals surface area contributed by atoms with Crippen LogP contribution in [0.15, 0.2) is 66.7 Å². The highest BCUT2D eigenvalue weighted by molar-refractivity contribution is 6.01. The molecule has 0 heterocycles. The zero-order valence-electron chi connectivity index (χ0n) is 16.8. The van der Waals surface area contributed by atoms with Crippen LogP contribution < -0.4 is 5.43 Å². The molecule has 0 aliphatic carbocycles. The van der Waals surface area contributed by atoms with Crippen molar-refractivity contribution >= 4 is 22.6 Å². The van der Waals surface area contributed by atoms with Gasteiger partial charge < -0.3 is 0 Å². The number of carbonyl (C=O) groups excluding carboxylic acids is 2. The number of nitrogens with zero attached hydrogens (tertiary/aromatic N) is 1. The zero-order chi connectivity index (χ0) is 20.3. The van der Waals surface area contributed by atoms with Crippen LogP contribution in [0.2, 0.25) is 0 Å². The van der Waals surface area contributed by atoms with Crippen molar-refractivity contribution in [2.75, 3.05) is 0 Å². The fourth-order valence-electron chi connectivity index (χ4n) is 3.03. The molecule has 4 nitrogen and oxygen atoms in total. The number of hydrogen-bond donors (Lipinski definition) is 1. The van der Waals surface area contributed by atoms with Crippen LogP contribution in [0.3, 0.4) is 0 Å². The molecule has 0 saturated carbocycles. The molecule has 144 valence electrons. The van der Waals surface area contributed by atoms with Crippen LogP contribution in [0, 0.1) is 0 Å². The number of rotatable bonds is 3. The Morgan fingerprint density at radius 3 is 2.07 bits per heavy atom. The Kier molecular flexibility index (Phi) is 5.50. The van der Waals surface area contributed by atoms with Crippen LogP contribution in [0.5, 0.6) is 0 Å². The maximum atomic E-state index is 13.2. The lowest BCUT2D eigenvalue weighted by Gasteiger charge is -2.35. The molecular weight excluding hydrogens is 348 g/mol. The highest BCUT2D eigenvalue weighted by Crippen LogP contribution is 2.20. The van der Waals surface area contributed by atoms with Gasteiger partial charge in [0.2, 0.25) is 0 Å². The molecule has 1 N–H and O–H groups in total. The monoisotopic (exact) mass is 374 g/mol. The van der Waals surface area contributed by atoms with Crippen LogP contribution in [-0.2, 0) is 6.42 Å². The van der Waals surface area contributed by atoms with Crippen molar-refractivity contribution in [3.8, 4) is 0 Å². The summed E-state index contributed by atoms with van der Waals surface area (Å²) < 4.78 is 0. The Labute approximate surface area is 166 Å². The lowest BCUT2D eigenvalue weighted by atomic mass is 10.0. The number of benzene rings is 3. The quantitative estimate of drug-likeness (QED) is 0.657. The first-order valence-electron chi connectivity index (χ1n) is 9.53. The van der Waals surface area contributed by atoms with Gasteiger partial charge >= 0.3 is 0 Å². The zero-order valence-corrected chi connectivity index (χ0v) is 16.8. The van der Waals surface area contributed by atoms with Crippen LogP contribution in [0.4, 0.5) is 0 Å². The van der Waals surface area contributed by atoms with Crippen molar-refractivity contribution in [3.05, 3.63) is 83.4 Å². The second kappa shape index (κ2) is 7.85. The van der Waals surface area contributed by atoms with Gasteiger partial charge in [-0.05, 0) is 67.8 Å². The van der Waals surface area contributed by atoms with Gasteiger partial charge in [-0.2, -0.15) is 0 Å². The fourth-order valence-corrected chi connectivity index (χ4v) is 3.03. The predicted molar refractivity (Wildman–Crippen MR) is 113 cm³/mol. The lowest BCUT2D eigenvalue weighted by Crippen LogP contribution is -2.55. The number of carbonyl (C=O) groups is 2. The summed E-state index contributed by atoms with van der Waals surface area (Å²) in [5.74, 6) is -0.538. The lowest BCUT2D eigenvalue weighted by molar-refractivity contribution is 0.0359. The summed E-state index contributed by atoms with van der Waals surface area (Å²) in [5, 5.41) is 3.47. The van der Waals surface area contributed by atoms with Gasteiger partial charge in [0.1, 0.15) is 0 Å². The smallest absolute Gasteiger partial charge is 0.267 e. The molecule has 0 aromatic heterocycles. The molecule has 0 aliphatic heterocycles. The van der Waals surface area contributed by atoms with E-state index in [4.69, 9.17) is 0 Å². The third-order valence-electron chi connectivity index (χ3n) is 4.71. The highest BCUT2D eigenvalue weighted by Gasteiger charge is 2.29. The van der Waals surface area contributed by atoms with E-state index in [0.717, 1.165) is 22.8 Å². The molecule has 0 aliphatic rings. The van der Waals surface area contributed by atoms with Crippen LogP contribution in [0.25, 0.3) is 10.8 Å². The number of amides is 2. The van der Waals surface area contributed by atoms with E-state index in [0.29, 0.717) is 11.1 Å². The Morgan fingerprint density at radius 2 is 1.46 bits per heavy atom. The number of aryl methyl sites for hydroxylation is 1. The minimum atomic E-state index is -0.582. The number of nitrogens with one attached hydrogen (secondary N) is 1. The summed E-state index contributed by atoms with van der Waals surface area (Å²) >= 11 is 0. The maximum absolute atomic E-state index is 13.2. The SMILES string of the molecule is CCc1ccc(C(=O)NN(C(=O)c2ccc3ccccc3c2)C(C)(C)C)cc1. The molecule has 3 aromatic rings. The van der Waals surface area contributed by atoms with Crippen molar-refractivity contribution in [1.29, 1.82) is 0 Å². The molecule has 0 unspecified atom stereocenters. The summed E-state index contributed by atoms with van der Waals surface area (Å²) in [4.78, 5) is 26.0. The first kappa shape index (κ1) is 19.6. The van der Waals surface area contributed by atoms with Gasteiger partial charge in [0.15, 0.2) is 0 Å². The van der Waals surface area contributed by atoms with Crippen molar-refractivity contribution in [3.63, 3.8) is 0 Å². The fraction of sp³-hybridized carbons (Fsp3) is 0.250. The van der Waals surface area contributed by atoms with Gasteiger partial charge in [0.25, 0.3) is 11.8 Å². The standard InChI is InChI=1S/C24H26N2O2/c1-5-17-10-12-19(13-11-17)22(27)25-26(24(2,3)4)23(28)21-15-14-18-8-6-7-9-20(18)16-21/h6-16H,5H2,1-4H3,(H,25,27). The Bertz CT molecular complexity index is 1000. The molecule has 0 atom stereocenters. The summed E-state index contributed by atoms with van der Waals surface area (Å²) in [5.41, 5.74) is 4.45. The van der Waals surface area contributed by atoms with E-state index in [1.165, 1.54) is 5.01 Å². The summed E-state index contributed by atoms with van der Waals surface area (Å²) in [6, 6.07) is 20.9. The summed E-state index contributed by atoms with van der Waals surface area (Å²) in [6.45, 7) is 7.75. The largest absolute Gasteiger partial charge is 0.272 e. The van der Waals surface area contributed by atoms with Crippen LogP contribution in [-0.4, -0.2) is 22.4 Å². The highest BCUT2D eigenvalue weighted by atomic mass is 16.2. The van der Waals surface area contributed by atoms with E-state index < -0.39 is 5.54 Å². The Morgan fingerprint density at radius 1 is 0.857 bits per heavy atom. The molecule has 28 heavy (non-hydrogen) atoms. The average molecular weight is 374 g/mol. The minimum absolute atomic E-state index is 0.239. The average Bonchev–Trinajstić information content (AvgIpc) is 2.70. The predicted octanol–water partition coefficient (Wildman–Crippen LogP) is 4.99. The third-order valence-corrected chi connectivity index (χ3v) is 4.71. The first-order valence-corrected chi connectivity index (χ1v) is 9.53. The second-order valence-electron chi connectivity index (χ2n) is 7.86. The van der Waals surface area contributed by atoms with E-state index >= 15 is 0 Å². The summed E-state index contributed by atoms with van der Waals surface area (Å²) in [7, 11) is 0. The van der Waals surface area contributed by atoms with E-state index in [-0.39, 0.29) is 11.8 Å². The molecular formula is C24H26N2O2. The number of fused-ring (bicyclic) bond motifs is 1. The van der Waals surface area contributed by atoms with Gasteiger partial charge in [0.05, 0.1) is 5.54 Å². The van der Waals surface area contributed by atoms with Crippen molar-refractivity contribution < 1.29 is 9.59 Å². The number of hydrogen-bond acceptors (Lipinski definition) is 2. The second-order valence-corrected chi connectivity index (χ2v) is 7.86. The molecule has 0 spiro atoms. The molecule has 0 fully saturated rings. The van der Waals surface area contributed by atoms with Crippen LogP contribution >= 0.6 is 0 Å². The third kappa shape index (κ3) is 4.22. The van der Waals surface area contributed by atoms with E-state index in [1.54, 1.807) is 18.2 Å². The normalized spacial score (nSPS) is 11.3. The van der Waals surface area contributed by atoms with E-state index in [9.17, 15) is 9.59 Å². The molecule has 3 rings (SSSR count). The molecule has 0 radical (unpaired) electrons. The van der Waals surface area contributed by atoms with E-state index in [2.05, 4.69) is 12.3 Å². The number of hydrazine groups is 1. The van der Waals surface area contributed by atoms with Gasteiger partial charge in [-0.3, -0.25) is 15.0 Å².